The molecule has 3 atom stereocenters. The minimum atomic E-state index is 0.395. The van der Waals surface area contributed by atoms with E-state index in [0.29, 0.717) is 17.4 Å². The lowest BCUT2D eigenvalue weighted by atomic mass is 9.72. The Kier molecular flexibility index (Phi) is 3.60. The highest BCUT2D eigenvalue weighted by Crippen LogP contribution is 2.39. The maximum absolute atomic E-state index is 6.22. The first kappa shape index (κ1) is 12.4. The predicted octanol–water partition coefficient (Wildman–Crippen LogP) is 2.62. The Balaban J connectivity index is 2.01. The third kappa shape index (κ3) is 2.43. The molecule has 2 fully saturated rings. The molecule has 1 aliphatic carbocycles. The summed E-state index contributed by atoms with van der Waals surface area (Å²) in [5, 5.41) is 0. The number of likely N-dealkylation sites (tertiary alicyclic amines) is 1. The van der Waals surface area contributed by atoms with Crippen molar-refractivity contribution in [1.29, 1.82) is 0 Å². The van der Waals surface area contributed by atoms with E-state index in [-0.39, 0.29) is 0 Å². The second kappa shape index (κ2) is 4.66. The van der Waals surface area contributed by atoms with E-state index < -0.39 is 0 Å². The van der Waals surface area contributed by atoms with Crippen LogP contribution in [-0.4, -0.2) is 30.1 Å². The topological polar surface area (TPSA) is 29.3 Å². The fraction of sp³-hybridized carbons (Fsp3) is 1.00. The predicted molar refractivity (Wildman–Crippen MR) is 69.4 cm³/mol. The maximum Gasteiger partial charge on any atom is 0.0194 e. The van der Waals surface area contributed by atoms with Crippen LogP contribution in [0.2, 0.25) is 0 Å². The molecule has 1 saturated heterocycles. The van der Waals surface area contributed by atoms with Crippen LogP contribution in [0.25, 0.3) is 0 Å². The third-order valence-corrected chi connectivity index (χ3v) is 4.94. The smallest absolute Gasteiger partial charge is 0.0194 e. The molecule has 1 heterocycles. The molecule has 0 amide bonds. The Labute approximate surface area is 101 Å². The van der Waals surface area contributed by atoms with Crippen molar-refractivity contribution in [3.05, 3.63) is 0 Å². The van der Waals surface area contributed by atoms with Crippen LogP contribution < -0.4 is 5.73 Å². The highest BCUT2D eigenvalue weighted by atomic mass is 15.2. The molecule has 94 valence electrons. The highest BCUT2D eigenvalue weighted by Gasteiger charge is 2.38. The molecule has 0 bridgehead atoms. The molecule has 2 nitrogen and oxygen atoms in total. The van der Waals surface area contributed by atoms with E-state index in [4.69, 9.17) is 5.73 Å². The summed E-state index contributed by atoms with van der Waals surface area (Å²) in [5.41, 5.74) is 6.72. The van der Waals surface area contributed by atoms with Crippen molar-refractivity contribution in [3.63, 3.8) is 0 Å². The molecule has 0 spiro atoms. The highest BCUT2D eigenvalue weighted by molar-refractivity contribution is 4.93. The molecule has 2 aliphatic rings. The van der Waals surface area contributed by atoms with Gasteiger partial charge in [-0.15, -0.1) is 0 Å². The van der Waals surface area contributed by atoms with Gasteiger partial charge in [-0.05, 0) is 37.1 Å². The van der Waals surface area contributed by atoms with E-state index in [0.717, 1.165) is 12.6 Å². The summed E-state index contributed by atoms with van der Waals surface area (Å²) in [5.74, 6) is 0.711. The fourth-order valence-electron chi connectivity index (χ4n) is 3.56. The van der Waals surface area contributed by atoms with Crippen molar-refractivity contribution in [2.75, 3.05) is 13.1 Å². The van der Waals surface area contributed by atoms with Crippen LogP contribution in [0, 0.1) is 11.3 Å². The molecule has 16 heavy (non-hydrogen) atoms. The normalized spacial score (nSPS) is 40.9. The number of nitrogens with two attached hydrogens (primary N) is 1. The molecule has 2 rings (SSSR count). The lowest BCUT2D eigenvalue weighted by Crippen LogP contribution is -2.55. The van der Waals surface area contributed by atoms with E-state index in [9.17, 15) is 0 Å². The zero-order chi connectivity index (χ0) is 11.8. The van der Waals surface area contributed by atoms with Crippen LogP contribution in [0.5, 0.6) is 0 Å². The van der Waals surface area contributed by atoms with Gasteiger partial charge in [-0.1, -0.05) is 33.6 Å². The first-order chi connectivity index (χ1) is 7.50. The SMILES string of the molecule is CC1CCN(C2CCCCC2(C)C)CC1N. The average Bonchev–Trinajstić information content (AvgIpc) is 2.22. The number of hydrogen-bond donors (Lipinski definition) is 1. The van der Waals surface area contributed by atoms with Gasteiger partial charge >= 0.3 is 0 Å². The summed E-state index contributed by atoms with van der Waals surface area (Å²) in [7, 11) is 0. The summed E-state index contributed by atoms with van der Waals surface area (Å²) in [6, 6.07) is 1.17. The standard InChI is InChI=1S/C14H28N2/c1-11-7-9-16(10-12(11)15)13-6-4-5-8-14(13,2)3/h11-13H,4-10,15H2,1-3H3. The van der Waals surface area contributed by atoms with Gasteiger partial charge in [0.2, 0.25) is 0 Å². The number of nitrogens with zero attached hydrogens (tertiary/aromatic N) is 1. The van der Waals surface area contributed by atoms with Crippen molar-refractivity contribution in [2.45, 2.75) is 65.0 Å². The van der Waals surface area contributed by atoms with Gasteiger partial charge in [-0.2, -0.15) is 0 Å². The molecule has 2 N–H and O–H groups in total. The van der Waals surface area contributed by atoms with Crippen molar-refractivity contribution < 1.29 is 0 Å². The van der Waals surface area contributed by atoms with Gasteiger partial charge in [0, 0.05) is 18.6 Å². The lowest BCUT2D eigenvalue weighted by molar-refractivity contribution is 0.0201. The van der Waals surface area contributed by atoms with Crippen molar-refractivity contribution in [2.24, 2.45) is 17.1 Å². The van der Waals surface area contributed by atoms with Gasteiger partial charge in [0.1, 0.15) is 0 Å². The van der Waals surface area contributed by atoms with Crippen LogP contribution in [-0.2, 0) is 0 Å². The van der Waals surface area contributed by atoms with Crippen molar-refractivity contribution >= 4 is 0 Å². The number of piperidine rings is 1. The molecule has 3 unspecified atom stereocenters. The van der Waals surface area contributed by atoms with Gasteiger partial charge in [0.15, 0.2) is 0 Å². The Hall–Kier alpha value is -0.0800. The Morgan fingerprint density at radius 3 is 2.56 bits per heavy atom. The van der Waals surface area contributed by atoms with Crippen LogP contribution in [0.1, 0.15) is 52.9 Å². The summed E-state index contributed by atoms with van der Waals surface area (Å²) < 4.78 is 0. The molecule has 1 saturated carbocycles. The summed E-state index contributed by atoms with van der Waals surface area (Å²) in [6.45, 7) is 9.58. The summed E-state index contributed by atoms with van der Waals surface area (Å²) >= 11 is 0. The first-order valence-corrected chi connectivity index (χ1v) is 7.00. The quantitative estimate of drug-likeness (QED) is 0.742. The molecule has 0 radical (unpaired) electrons. The van der Waals surface area contributed by atoms with Crippen molar-refractivity contribution in [3.8, 4) is 0 Å². The monoisotopic (exact) mass is 224 g/mol. The zero-order valence-electron chi connectivity index (χ0n) is 11.2. The molecule has 2 heteroatoms. The van der Waals surface area contributed by atoms with E-state index in [1.807, 2.05) is 0 Å². The van der Waals surface area contributed by atoms with Gasteiger partial charge in [0.25, 0.3) is 0 Å². The first-order valence-electron chi connectivity index (χ1n) is 7.00. The van der Waals surface area contributed by atoms with Gasteiger partial charge in [-0.25, -0.2) is 0 Å². The largest absolute Gasteiger partial charge is 0.326 e. The summed E-state index contributed by atoms with van der Waals surface area (Å²) in [6.07, 6.45) is 6.88. The fourth-order valence-corrected chi connectivity index (χ4v) is 3.56. The van der Waals surface area contributed by atoms with E-state index in [1.54, 1.807) is 0 Å². The molecule has 0 aromatic carbocycles. The van der Waals surface area contributed by atoms with Crippen LogP contribution >= 0.6 is 0 Å². The minimum Gasteiger partial charge on any atom is -0.326 e. The molecule has 0 aromatic rings. The lowest BCUT2D eigenvalue weighted by Gasteiger charge is -2.48. The molecule has 0 aromatic heterocycles. The second-order valence-electron chi connectivity index (χ2n) is 6.67. The Morgan fingerprint density at radius 1 is 1.19 bits per heavy atom. The number of rotatable bonds is 1. The third-order valence-electron chi connectivity index (χ3n) is 4.94. The molecular weight excluding hydrogens is 196 g/mol. The van der Waals surface area contributed by atoms with Crippen LogP contribution in [0.3, 0.4) is 0 Å². The van der Waals surface area contributed by atoms with Crippen LogP contribution in [0.15, 0.2) is 0 Å². The van der Waals surface area contributed by atoms with Gasteiger partial charge in [0.05, 0.1) is 0 Å². The minimum absolute atomic E-state index is 0.395. The van der Waals surface area contributed by atoms with Crippen LogP contribution in [0.4, 0.5) is 0 Å². The van der Waals surface area contributed by atoms with Gasteiger partial charge in [-0.3, -0.25) is 4.90 Å². The molecular formula is C14H28N2. The van der Waals surface area contributed by atoms with Gasteiger partial charge < -0.3 is 5.73 Å². The van der Waals surface area contributed by atoms with Crippen molar-refractivity contribution in [1.82, 2.24) is 4.90 Å². The van der Waals surface area contributed by atoms with E-state index >= 15 is 0 Å². The average molecular weight is 224 g/mol. The Bertz CT molecular complexity index is 237. The summed E-state index contributed by atoms with van der Waals surface area (Å²) in [4.78, 5) is 2.68. The van der Waals surface area contributed by atoms with E-state index in [1.165, 1.54) is 38.6 Å². The molecule has 1 aliphatic heterocycles. The number of hydrogen-bond acceptors (Lipinski definition) is 2. The van der Waals surface area contributed by atoms with E-state index in [2.05, 4.69) is 25.7 Å². The Morgan fingerprint density at radius 2 is 1.94 bits per heavy atom. The second-order valence-corrected chi connectivity index (χ2v) is 6.67. The zero-order valence-corrected chi connectivity index (χ0v) is 11.2. The maximum atomic E-state index is 6.22.